The highest BCUT2D eigenvalue weighted by Gasteiger charge is 2.42. The predicted octanol–water partition coefficient (Wildman–Crippen LogP) is 1.39. The van der Waals surface area contributed by atoms with Crippen LogP contribution >= 0.6 is 0 Å². The van der Waals surface area contributed by atoms with Crippen LogP contribution in [0.15, 0.2) is 0 Å². The van der Waals surface area contributed by atoms with Gasteiger partial charge in [0.05, 0.1) is 36.8 Å². The molecule has 3 atom stereocenters. The van der Waals surface area contributed by atoms with Gasteiger partial charge in [-0.1, -0.05) is 6.92 Å². The third kappa shape index (κ3) is 3.96. The first-order valence-corrected chi connectivity index (χ1v) is 6.76. The summed E-state index contributed by atoms with van der Waals surface area (Å²) in [5.74, 6) is -2.14. The molecule has 0 aromatic rings. The molecule has 0 aromatic carbocycles. The van der Waals surface area contributed by atoms with Crippen LogP contribution in [-0.4, -0.2) is 35.0 Å². The molecule has 6 nitrogen and oxygen atoms in total. The summed E-state index contributed by atoms with van der Waals surface area (Å²) in [6, 6.07) is 3.94. The lowest BCUT2D eigenvalue weighted by atomic mass is 9.94. The molecule has 1 rings (SSSR count). The zero-order valence-electron chi connectivity index (χ0n) is 11.6. The highest BCUT2D eigenvalue weighted by Crippen LogP contribution is 2.37. The summed E-state index contributed by atoms with van der Waals surface area (Å²) in [6.07, 6.45) is 1.45. The van der Waals surface area contributed by atoms with Crippen LogP contribution in [0.3, 0.4) is 0 Å². The Bertz CT molecular complexity index is 432. The minimum absolute atomic E-state index is 0.192. The van der Waals surface area contributed by atoms with Crippen LogP contribution in [0.5, 0.6) is 0 Å². The van der Waals surface area contributed by atoms with E-state index in [1.165, 1.54) is 4.90 Å². The summed E-state index contributed by atoms with van der Waals surface area (Å²) in [5, 5.41) is 26.5. The minimum Gasteiger partial charge on any atom is -0.481 e. The smallest absolute Gasteiger partial charge is 0.307 e. The number of aliphatic carboxylic acids is 1. The molecule has 1 fully saturated rings. The molecule has 0 aromatic heterocycles. The molecule has 1 saturated carbocycles. The average Bonchev–Trinajstić information content (AvgIpc) is 2.80. The van der Waals surface area contributed by atoms with Crippen LogP contribution in [0.25, 0.3) is 0 Å². The highest BCUT2D eigenvalue weighted by molar-refractivity contribution is 5.85. The summed E-state index contributed by atoms with van der Waals surface area (Å²) in [5.41, 5.74) is 0. The first-order valence-electron chi connectivity index (χ1n) is 6.76. The maximum absolute atomic E-state index is 12.5. The lowest BCUT2D eigenvalue weighted by molar-refractivity contribution is -0.149. The lowest BCUT2D eigenvalue weighted by Crippen LogP contribution is -2.40. The Balaban J connectivity index is 2.79. The summed E-state index contributed by atoms with van der Waals surface area (Å²) in [6.45, 7) is 2.46. The molecule has 0 heterocycles. The molecule has 0 radical (unpaired) electrons. The molecule has 1 unspecified atom stereocenters. The monoisotopic (exact) mass is 277 g/mol. The van der Waals surface area contributed by atoms with Crippen LogP contribution in [0.4, 0.5) is 0 Å². The van der Waals surface area contributed by atoms with Gasteiger partial charge in [0, 0.05) is 13.1 Å². The van der Waals surface area contributed by atoms with Gasteiger partial charge in [0.2, 0.25) is 5.91 Å². The van der Waals surface area contributed by atoms with Crippen LogP contribution < -0.4 is 0 Å². The second-order valence-corrected chi connectivity index (χ2v) is 5.27. The molecule has 1 N–H and O–H groups in total. The summed E-state index contributed by atoms with van der Waals surface area (Å²) in [4.78, 5) is 25.2. The van der Waals surface area contributed by atoms with E-state index in [9.17, 15) is 14.7 Å². The fourth-order valence-corrected chi connectivity index (χ4v) is 2.77. The van der Waals surface area contributed by atoms with Crippen molar-refractivity contribution in [2.45, 2.75) is 32.6 Å². The van der Waals surface area contributed by atoms with E-state index in [0.717, 1.165) is 0 Å². The van der Waals surface area contributed by atoms with E-state index < -0.39 is 17.8 Å². The van der Waals surface area contributed by atoms with Crippen LogP contribution in [0, 0.1) is 40.4 Å². The molecule has 108 valence electrons. The fourth-order valence-electron chi connectivity index (χ4n) is 2.77. The SMILES string of the molecule is CC1C[C@H](C(=O)N(CCC#N)CCC#N)[C@H](C(=O)O)C1. The lowest BCUT2D eigenvalue weighted by Gasteiger charge is -2.25. The van der Waals surface area contributed by atoms with Crippen molar-refractivity contribution in [1.29, 1.82) is 10.5 Å². The van der Waals surface area contributed by atoms with E-state index in [-0.39, 0.29) is 37.8 Å². The number of nitrogens with zero attached hydrogens (tertiary/aromatic N) is 3. The van der Waals surface area contributed by atoms with Crippen molar-refractivity contribution in [2.75, 3.05) is 13.1 Å². The van der Waals surface area contributed by atoms with Gasteiger partial charge in [0.15, 0.2) is 0 Å². The molecular weight excluding hydrogens is 258 g/mol. The Morgan fingerprint density at radius 1 is 1.15 bits per heavy atom. The molecule has 0 aliphatic heterocycles. The van der Waals surface area contributed by atoms with Crippen molar-refractivity contribution >= 4 is 11.9 Å². The molecule has 0 saturated heterocycles. The van der Waals surface area contributed by atoms with Gasteiger partial charge in [0.25, 0.3) is 0 Å². The second-order valence-electron chi connectivity index (χ2n) is 5.27. The first-order chi connectivity index (χ1) is 9.51. The maximum Gasteiger partial charge on any atom is 0.307 e. The topological polar surface area (TPSA) is 105 Å². The van der Waals surface area contributed by atoms with Crippen LogP contribution in [-0.2, 0) is 9.59 Å². The van der Waals surface area contributed by atoms with Crippen LogP contribution in [0.2, 0.25) is 0 Å². The van der Waals surface area contributed by atoms with Gasteiger partial charge in [-0.15, -0.1) is 0 Å². The van der Waals surface area contributed by atoms with Gasteiger partial charge in [-0.05, 0) is 18.8 Å². The third-order valence-electron chi connectivity index (χ3n) is 3.73. The van der Waals surface area contributed by atoms with E-state index in [1.807, 2.05) is 19.1 Å². The molecule has 0 spiro atoms. The quantitative estimate of drug-likeness (QED) is 0.789. The molecule has 0 bridgehead atoms. The maximum atomic E-state index is 12.5. The Kier molecular flexibility index (Phi) is 5.99. The number of hydrogen-bond donors (Lipinski definition) is 1. The van der Waals surface area contributed by atoms with E-state index in [4.69, 9.17) is 10.5 Å². The molecule has 20 heavy (non-hydrogen) atoms. The number of carbonyl (C=O) groups is 2. The number of carboxylic acids is 1. The third-order valence-corrected chi connectivity index (χ3v) is 3.73. The number of carboxylic acid groups (broad SMARTS) is 1. The van der Waals surface area contributed by atoms with Gasteiger partial charge in [-0.2, -0.15) is 10.5 Å². The van der Waals surface area contributed by atoms with Gasteiger partial charge >= 0.3 is 5.97 Å². The standard InChI is InChI=1S/C14H19N3O3/c1-10-8-11(12(9-10)14(19)20)13(18)17(6-2-4-15)7-3-5-16/h10-12H,2-3,6-9H2,1H3,(H,19,20)/t10?,11-,12+/m0/s1. The van der Waals surface area contributed by atoms with Gasteiger partial charge in [-0.25, -0.2) is 0 Å². The normalized spacial score (nSPS) is 24.6. The van der Waals surface area contributed by atoms with Crippen molar-refractivity contribution in [3.8, 4) is 12.1 Å². The predicted molar refractivity (Wildman–Crippen MR) is 70.1 cm³/mol. The van der Waals surface area contributed by atoms with Crippen LogP contribution in [0.1, 0.15) is 32.6 Å². The molecule has 1 aliphatic carbocycles. The molecule has 6 heteroatoms. The zero-order chi connectivity index (χ0) is 15.1. The number of amides is 1. The van der Waals surface area contributed by atoms with E-state index in [0.29, 0.717) is 12.8 Å². The summed E-state index contributed by atoms with van der Waals surface area (Å²) >= 11 is 0. The summed E-state index contributed by atoms with van der Waals surface area (Å²) in [7, 11) is 0. The van der Waals surface area contributed by atoms with Crippen molar-refractivity contribution in [3.05, 3.63) is 0 Å². The number of rotatable bonds is 6. The minimum atomic E-state index is -0.937. The zero-order valence-corrected chi connectivity index (χ0v) is 11.6. The molecule has 1 amide bonds. The Morgan fingerprint density at radius 3 is 2.10 bits per heavy atom. The van der Waals surface area contributed by atoms with Crippen molar-refractivity contribution in [2.24, 2.45) is 17.8 Å². The van der Waals surface area contributed by atoms with Crippen molar-refractivity contribution < 1.29 is 14.7 Å². The number of carbonyl (C=O) groups excluding carboxylic acids is 1. The van der Waals surface area contributed by atoms with Gasteiger partial charge in [-0.3, -0.25) is 9.59 Å². The Labute approximate surface area is 118 Å². The van der Waals surface area contributed by atoms with Gasteiger partial charge < -0.3 is 10.0 Å². The highest BCUT2D eigenvalue weighted by atomic mass is 16.4. The first kappa shape index (κ1) is 16.0. The Hall–Kier alpha value is -2.08. The van der Waals surface area contributed by atoms with Crippen molar-refractivity contribution in [3.63, 3.8) is 0 Å². The van der Waals surface area contributed by atoms with E-state index in [1.54, 1.807) is 0 Å². The number of hydrogen-bond acceptors (Lipinski definition) is 4. The largest absolute Gasteiger partial charge is 0.481 e. The fraction of sp³-hybridized carbons (Fsp3) is 0.714. The van der Waals surface area contributed by atoms with Gasteiger partial charge in [0.1, 0.15) is 0 Å². The molecular formula is C14H19N3O3. The Morgan fingerprint density at radius 2 is 1.65 bits per heavy atom. The molecule has 1 aliphatic rings. The summed E-state index contributed by atoms with van der Waals surface area (Å²) < 4.78 is 0. The second kappa shape index (κ2) is 7.49. The average molecular weight is 277 g/mol. The van der Waals surface area contributed by atoms with E-state index >= 15 is 0 Å². The van der Waals surface area contributed by atoms with Crippen molar-refractivity contribution in [1.82, 2.24) is 4.90 Å². The number of nitriles is 2. The van der Waals surface area contributed by atoms with E-state index in [2.05, 4.69) is 0 Å².